The van der Waals surface area contributed by atoms with Gasteiger partial charge < -0.3 is 4.74 Å². The van der Waals surface area contributed by atoms with Crippen molar-refractivity contribution in [2.75, 3.05) is 11.9 Å². The molecule has 0 saturated heterocycles. The van der Waals surface area contributed by atoms with E-state index >= 15 is 0 Å². The number of H-pyrrole nitrogens is 1. The Labute approximate surface area is 253 Å². The van der Waals surface area contributed by atoms with E-state index in [9.17, 15) is 13.2 Å². The lowest BCUT2D eigenvalue weighted by Gasteiger charge is -2.24. The third-order valence-electron chi connectivity index (χ3n) is 7.89. The zero-order chi connectivity index (χ0) is 31.0. The molecule has 228 valence electrons. The maximum absolute atomic E-state index is 13.7. The van der Waals surface area contributed by atoms with Crippen molar-refractivity contribution in [2.24, 2.45) is 0 Å². The molecule has 2 atom stereocenters. The normalized spacial score (nSPS) is 17.0. The fourth-order valence-corrected chi connectivity index (χ4v) is 7.17. The van der Waals surface area contributed by atoms with Crippen LogP contribution in [0.15, 0.2) is 53.6 Å². The smallest absolute Gasteiger partial charge is 0.269 e. The van der Waals surface area contributed by atoms with Crippen LogP contribution in [0.4, 0.5) is 5.95 Å². The van der Waals surface area contributed by atoms with Crippen molar-refractivity contribution in [3.05, 3.63) is 76.5 Å². The summed E-state index contributed by atoms with van der Waals surface area (Å²) in [7, 11) is -3.89. The van der Waals surface area contributed by atoms with Gasteiger partial charge in [-0.25, -0.2) is 18.1 Å². The van der Waals surface area contributed by atoms with Gasteiger partial charge in [-0.3, -0.25) is 10.1 Å². The number of nitrogens with one attached hydrogen (secondary N) is 2. The average Bonchev–Trinajstić information content (AvgIpc) is 3.65. The van der Waals surface area contributed by atoms with Crippen LogP contribution < -0.4 is 10.1 Å². The minimum absolute atomic E-state index is 0.0400. The highest BCUT2D eigenvalue weighted by atomic mass is 32.2. The number of carbonyl (C=O) groups is 1. The minimum Gasteiger partial charge on any atom is -0.472 e. The van der Waals surface area contributed by atoms with Crippen molar-refractivity contribution in [3.8, 4) is 5.88 Å². The Bertz CT molecular complexity index is 1940. The van der Waals surface area contributed by atoms with Gasteiger partial charge in [-0.2, -0.15) is 9.52 Å². The van der Waals surface area contributed by atoms with Crippen LogP contribution in [0.25, 0.3) is 11.0 Å². The molecule has 3 aromatic heterocycles. The second-order valence-electron chi connectivity index (χ2n) is 10.8. The van der Waals surface area contributed by atoms with Crippen molar-refractivity contribution in [3.63, 3.8) is 0 Å². The Morgan fingerprint density at radius 2 is 2.02 bits per heavy atom. The van der Waals surface area contributed by atoms with Crippen LogP contribution >= 0.6 is 0 Å². The summed E-state index contributed by atoms with van der Waals surface area (Å²) < 4.78 is 36.6. The van der Waals surface area contributed by atoms with Crippen molar-refractivity contribution in [1.82, 2.24) is 44.9 Å². The van der Waals surface area contributed by atoms with E-state index in [1.54, 1.807) is 6.07 Å². The van der Waals surface area contributed by atoms with Gasteiger partial charge in [0.05, 0.1) is 12.1 Å². The van der Waals surface area contributed by atoms with Crippen LogP contribution in [0.3, 0.4) is 0 Å². The number of rotatable bonds is 8. The SMILES string of the molecule is CCn1nnc2c(C)c([C@@H](CC(=O)Nc3nn[nH]n3)c3ccc(C)c(CN4C[C@@H](C)Oc5ncccc5S4(=O)=O)c3)ccc21. The van der Waals surface area contributed by atoms with Gasteiger partial charge in [0.15, 0.2) is 0 Å². The highest BCUT2D eigenvalue weighted by Gasteiger charge is 2.34. The largest absolute Gasteiger partial charge is 0.472 e. The number of fused-ring (bicyclic) bond motifs is 2. The lowest BCUT2D eigenvalue weighted by molar-refractivity contribution is -0.116. The van der Waals surface area contributed by atoms with Crippen LogP contribution in [-0.2, 0) is 27.9 Å². The quantitative estimate of drug-likeness (QED) is 0.264. The molecule has 1 amide bonds. The number of amides is 1. The molecule has 5 aromatic rings. The van der Waals surface area contributed by atoms with Gasteiger partial charge in [-0.15, -0.1) is 10.2 Å². The fraction of sp³-hybridized carbons (Fsp3) is 0.345. The van der Waals surface area contributed by atoms with Crippen molar-refractivity contribution in [1.29, 1.82) is 0 Å². The first-order valence-electron chi connectivity index (χ1n) is 14.2. The Hall–Kier alpha value is -4.76. The van der Waals surface area contributed by atoms with E-state index < -0.39 is 22.0 Å². The van der Waals surface area contributed by atoms with E-state index in [2.05, 4.69) is 41.2 Å². The summed E-state index contributed by atoms with van der Waals surface area (Å²) >= 11 is 0. The molecule has 0 aliphatic carbocycles. The summed E-state index contributed by atoms with van der Waals surface area (Å²) in [6.45, 7) is 8.69. The minimum atomic E-state index is -3.89. The van der Waals surface area contributed by atoms with Crippen LogP contribution in [0.2, 0.25) is 0 Å². The molecular formula is C29H32N10O4S. The number of aryl methyl sites for hydroxylation is 3. The Kier molecular flexibility index (Phi) is 7.82. The number of tetrazole rings is 1. The zero-order valence-electron chi connectivity index (χ0n) is 24.7. The molecule has 44 heavy (non-hydrogen) atoms. The molecule has 0 radical (unpaired) electrons. The monoisotopic (exact) mass is 616 g/mol. The van der Waals surface area contributed by atoms with Crippen LogP contribution in [-0.4, -0.2) is 71.9 Å². The summed E-state index contributed by atoms with van der Waals surface area (Å²) in [5.41, 5.74) is 6.06. The fourth-order valence-electron chi connectivity index (χ4n) is 5.61. The molecule has 0 bridgehead atoms. The maximum Gasteiger partial charge on any atom is 0.269 e. The number of sulfonamides is 1. The number of hydrogen-bond acceptors (Lipinski definition) is 10. The van der Waals surface area contributed by atoms with E-state index in [1.165, 1.54) is 16.6 Å². The molecule has 6 rings (SSSR count). The van der Waals surface area contributed by atoms with Crippen molar-refractivity contribution >= 4 is 32.9 Å². The Morgan fingerprint density at radius 1 is 1.18 bits per heavy atom. The molecule has 0 spiro atoms. The van der Waals surface area contributed by atoms with Gasteiger partial charge in [-0.05, 0) is 78.9 Å². The van der Waals surface area contributed by atoms with E-state index in [-0.39, 0.29) is 42.1 Å². The number of hydrogen-bond donors (Lipinski definition) is 2. The number of nitrogens with zero attached hydrogens (tertiary/aromatic N) is 8. The van der Waals surface area contributed by atoms with Crippen LogP contribution in [0.1, 0.15) is 54.0 Å². The van der Waals surface area contributed by atoms with E-state index in [0.717, 1.165) is 38.9 Å². The lowest BCUT2D eigenvalue weighted by atomic mass is 9.84. The van der Waals surface area contributed by atoms with E-state index in [4.69, 9.17) is 4.74 Å². The summed E-state index contributed by atoms with van der Waals surface area (Å²) in [5, 5.41) is 24.9. The summed E-state index contributed by atoms with van der Waals surface area (Å²) in [5.74, 6) is -0.522. The van der Waals surface area contributed by atoms with Gasteiger partial charge in [0.25, 0.3) is 5.95 Å². The Balaban J connectivity index is 1.39. The molecule has 1 aliphatic rings. The molecule has 4 heterocycles. The summed E-state index contributed by atoms with van der Waals surface area (Å²) in [6, 6.07) is 13.0. The second kappa shape index (κ2) is 11.7. The number of aromatic amines is 1. The first kappa shape index (κ1) is 29.3. The van der Waals surface area contributed by atoms with Crippen molar-refractivity contribution < 1.29 is 17.9 Å². The van der Waals surface area contributed by atoms with Gasteiger partial charge in [0.2, 0.25) is 21.8 Å². The number of benzene rings is 2. The van der Waals surface area contributed by atoms with Crippen LogP contribution in [0, 0.1) is 13.8 Å². The molecule has 0 unspecified atom stereocenters. The molecule has 2 N–H and O–H groups in total. The first-order chi connectivity index (χ1) is 21.2. The Morgan fingerprint density at radius 3 is 2.80 bits per heavy atom. The molecule has 15 heteroatoms. The number of aromatic nitrogens is 8. The average molecular weight is 617 g/mol. The molecule has 0 fully saturated rings. The number of pyridine rings is 1. The van der Waals surface area contributed by atoms with Gasteiger partial charge in [0, 0.05) is 31.6 Å². The molecule has 14 nitrogen and oxygen atoms in total. The molecule has 0 saturated carbocycles. The third kappa shape index (κ3) is 5.51. The highest BCUT2D eigenvalue weighted by Crippen LogP contribution is 2.36. The molecule has 1 aliphatic heterocycles. The number of anilines is 1. The van der Waals surface area contributed by atoms with Crippen LogP contribution in [0.5, 0.6) is 5.88 Å². The molecule has 2 aromatic carbocycles. The van der Waals surface area contributed by atoms with Gasteiger partial charge in [0.1, 0.15) is 16.5 Å². The standard InChI is InChI=1S/C29H32N10O4S/c1-5-39-24-11-10-22(19(4)27(24)32-37-39)23(14-26(40)31-29-33-35-36-34-29)20-9-8-17(2)21(13-20)16-38-15-18(3)43-28-25(44(38,41)42)7-6-12-30-28/h6-13,18,23H,5,14-16H2,1-4H3,(H2,31,33,34,35,36,40)/t18-,23+/m1/s1. The predicted molar refractivity (Wildman–Crippen MR) is 160 cm³/mol. The zero-order valence-corrected chi connectivity index (χ0v) is 25.5. The topological polar surface area (TPSA) is 174 Å². The summed E-state index contributed by atoms with van der Waals surface area (Å²) in [4.78, 5) is 17.5. The predicted octanol–water partition coefficient (Wildman–Crippen LogP) is 3.11. The maximum atomic E-state index is 13.7. The van der Waals surface area contributed by atoms with Crippen molar-refractivity contribution in [2.45, 2.75) is 64.1 Å². The van der Waals surface area contributed by atoms with E-state index in [1.807, 2.05) is 62.7 Å². The van der Waals surface area contributed by atoms with Gasteiger partial charge in [-0.1, -0.05) is 34.6 Å². The highest BCUT2D eigenvalue weighted by molar-refractivity contribution is 7.89. The number of ether oxygens (including phenoxy) is 1. The number of carbonyl (C=O) groups excluding carboxylic acids is 1. The summed E-state index contributed by atoms with van der Waals surface area (Å²) in [6.07, 6.45) is 1.18. The lowest BCUT2D eigenvalue weighted by Crippen LogP contribution is -2.35. The van der Waals surface area contributed by atoms with E-state index in [0.29, 0.717) is 6.54 Å². The first-order valence-corrected chi connectivity index (χ1v) is 15.7. The third-order valence-corrected chi connectivity index (χ3v) is 9.72. The molecular weight excluding hydrogens is 584 g/mol. The second-order valence-corrected chi connectivity index (χ2v) is 12.7. The van der Waals surface area contributed by atoms with Gasteiger partial charge >= 0.3 is 0 Å².